The smallest absolute Gasteiger partial charge is 0.211 e. The predicted molar refractivity (Wildman–Crippen MR) is 90.7 cm³/mol. The van der Waals surface area contributed by atoms with E-state index in [1.807, 2.05) is 0 Å². The monoisotopic (exact) mass is 285 g/mol. The van der Waals surface area contributed by atoms with Crippen molar-refractivity contribution in [2.75, 3.05) is 11.4 Å². The molecule has 106 valence electrons. The van der Waals surface area contributed by atoms with Crippen LogP contribution in [0.4, 0.5) is 11.6 Å². The Hall–Kier alpha value is -2.81. The third-order valence-corrected chi connectivity index (χ3v) is 4.48. The van der Waals surface area contributed by atoms with Crippen LogP contribution in [-0.4, -0.2) is 16.1 Å². The summed E-state index contributed by atoms with van der Waals surface area (Å²) >= 11 is 0. The van der Waals surface area contributed by atoms with E-state index in [9.17, 15) is 0 Å². The Morgan fingerprint density at radius 2 is 1.59 bits per heavy atom. The summed E-state index contributed by atoms with van der Waals surface area (Å²) in [7, 11) is 0. The lowest BCUT2D eigenvalue weighted by molar-refractivity contribution is 0.825. The third-order valence-electron chi connectivity index (χ3n) is 4.48. The highest BCUT2D eigenvalue weighted by Crippen LogP contribution is 2.35. The zero-order valence-electron chi connectivity index (χ0n) is 12.1. The molecule has 0 spiro atoms. The van der Waals surface area contributed by atoms with Crippen molar-refractivity contribution in [2.45, 2.75) is 6.54 Å². The summed E-state index contributed by atoms with van der Waals surface area (Å²) in [6.07, 6.45) is 0. The largest absolute Gasteiger partial charge is 0.310 e. The first-order valence-electron chi connectivity index (χ1n) is 7.62. The molecular formula is C19H15N3. The highest BCUT2D eigenvalue weighted by atomic mass is 15.4. The maximum Gasteiger partial charge on any atom is 0.211 e. The summed E-state index contributed by atoms with van der Waals surface area (Å²) in [6.45, 7) is 1.97. The molecule has 22 heavy (non-hydrogen) atoms. The molecule has 0 radical (unpaired) electrons. The van der Waals surface area contributed by atoms with Gasteiger partial charge in [-0.15, -0.1) is 0 Å². The van der Waals surface area contributed by atoms with Crippen molar-refractivity contribution in [3.63, 3.8) is 0 Å². The van der Waals surface area contributed by atoms with E-state index in [1.165, 1.54) is 22.0 Å². The highest BCUT2D eigenvalue weighted by Gasteiger charge is 2.25. The molecule has 2 heterocycles. The van der Waals surface area contributed by atoms with Gasteiger partial charge in [0.25, 0.3) is 0 Å². The molecule has 1 aromatic heterocycles. The van der Waals surface area contributed by atoms with Gasteiger partial charge in [-0.2, -0.15) is 0 Å². The molecule has 0 fully saturated rings. The topological polar surface area (TPSA) is 21.1 Å². The first-order chi connectivity index (χ1) is 10.9. The van der Waals surface area contributed by atoms with Crippen molar-refractivity contribution >= 4 is 33.4 Å². The van der Waals surface area contributed by atoms with Crippen LogP contribution in [-0.2, 0) is 6.54 Å². The minimum Gasteiger partial charge on any atom is -0.310 e. The van der Waals surface area contributed by atoms with Crippen LogP contribution in [0.15, 0.2) is 66.7 Å². The summed E-state index contributed by atoms with van der Waals surface area (Å²) in [5.74, 6) is 1.05. The van der Waals surface area contributed by atoms with Crippen LogP contribution in [0, 0.1) is 0 Å². The standard InChI is InChI=1S/C19H15N3/c1-2-7-15(8-3-1)21-12-13-22-17-11-10-14-6-4-5-9-16(14)18(17)20-19(21)22/h1-11H,12-13H2. The fraction of sp³-hybridized carbons (Fsp3) is 0.105. The lowest BCUT2D eigenvalue weighted by Crippen LogP contribution is -2.13. The fourth-order valence-electron chi connectivity index (χ4n) is 3.43. The highest BCUT2D eigenvalue weighted by molar-refractivity contribution is 6.05. The van der Waals surface area contributed by atoms with Gasteiger partial charge in [0, 0.05) is 24.2 Å². The molecular weight excluding hydrogens is 270 g/mol. The SMILES string of the molecule is c1ccc(N2CCn3c2nc2c4ccccc4ccc23)cc1. The van der Waals surface area contributed by atoms with Gasteiger partial charge in [0.2, 0.25) is 5.95 Å². The quantitative estimate of drug-likeness (QED) is 0.518. The van der Waals surface area contributed by atoms with Gasteiger partial charge >= 0.3 is 0 Å². The zero-order valence-corrected chi connectivity index (χ0v) is 12.1. The summed E-state index contributed by atoms with van der Waals surface area (Å²) < 4.78 is 2.33. The van der Waals surface area contributed by atoms with Crippen molar-refractivity contribution < 1.29 is 0 Å². The normalized spacial score (nSPS) is 13.9. The first-order valence-corrected chi connectivity index (χ1v) is 7.62. The van der Waals surface area contributed by atoms with Gasteiger partial charge in [0.1, 0.15) is 0 Å². The Balaban J connectivity index is 1.78. The molecule has 3 nitrogen and oxygen atoms in total. The van der Waals surface area contributed by atoms with Crippen LogP contribution in [0.1, 0.15) is 0 Å². The molecule has 0 bridgehead atoms. The predicted octanol–water partition coefficient (Wildman–Crippen LogP) is 4.34. The molecule has 1 aliphatic rings. The lowest BCUT2D eigenvalue weighted by Gasteiger charge is -2.15. The Bertz CT molecular complexity index is 986. The molecule has 3 aromatic carbocycles. The molecule has 0 aliphatic carbocycles. The van der Waals surface area contributed by atoms with Gasteiger partial charge in [-0.1, -0.05) is 48.5 Å². The van der Waals surface area contributed by atoms with Gasteiger partial charge in [-0.25, -0.2) is 4.98 Å². The van der Waals surface area contributed by atoms with Crippen LogP contribution in [0.2, 0.25) is 0 Å². The second kappa shape index (κ2) is 4.34. The van der Waals surface area contributed by atoms with Crippen LogP contribution in [0.25, 0.3) is 21.8 Å². The molecule has 0 N–H and O–H groups in total. The van der Waals surface area contributed by atoms with Crippen molar-refractivity contribution in [2.24, 2.45) is 0 Å². The van der Waals surface area contributed by atoms with Crippen LogP contribution < -0.4 is 4.90 Å². The van der Waals surface area contributed by atoms with E-state index in [1.54, 1.807) is 0 Å². The molecule has 0 atom stereocenters. The molecule has 0 amide bonds. The van der Waals surface area contributed by atoms with E-state index in [2.05, 4.69) is 76.2 Å². The Kier molecular flexibility index (Phi) is 2.33. The number of imidazole rings is 1. The number of para-hydroxylation sites is 1. The van der Waals surface area contributed by atoms with E-state index in [0.29, 0.717) is 0 Å². The van der Waals surface area contributed by atoms with Crippen molar-refractivity contribution in [3.8, 4) is 0 Å². The summed E-state index contributed by atoms with van der Waals surface area (Å²) in [5.41, 5.74) is 3.54. The average Bonchev–Trinajstić information content (AvgIpc) is 3.14. The van der Waals surface area contributed by atoms with Gasteiger partial charge in [-0.05, 0) is 23.6 Å². The molecule has 0 saturated heterocycles. The number of hydrogen-bond donors (Lipinski definition) is 0. The van der Waals surface area contributed by atoms with Crippen molar-refractivity contribution in [1.82, 2.24) is 9.55 Å². The molecule has 3 heteroatoms. The maximum absolute atomic E-state index is 4.97. The summed E-state index contributed by atoms with van der Waals surface area (Å²) in [6, 6.07) is 23.4. The van der Waals surface area contributed by atoms with Crippen LogP contribution in [0.5, 0.6) is 0 Å². The Morgan fingerprint density at radius 1 is 0.773 bits per heavy atom. The molecule has 5 rings (SSSR count). The second-order valence-electron chi connectivity index (χ2n) is 5.71. The summed E-state index contributed by atoms with van der Waals surface area (Å²) in [4.78, 5) is 7.27. The fourth-order valence-corrected chi connectivity index (χ4v) is 3.43. The Labute approximate surface area is 128 Å². The number of hydrogen-bond acceptors (Lipinski definition) is 2. The van der Waals surface area contributed by atoms with Crippen LogP contribution >= 0.6 is 0 Å². The van der Waals surface area contributed by atoms with E-state index < -0.39 is 0 Å². The van der Waals surface area contributed by atoms with E-state index in [4.69, 9.17) is 4.98 Å². The van der Waals surface area contributed by atoms with E-state index >= 15 is 0 Å². The number of aromatic nitrogens is 2. The zero-order chi connectivity index (χ0) is 14.5. The van der Waals surface area contributed by atoms with E-state index in [0.717, 1.165) is 24.6 Å². The number of fused-ring (bicyclic) bond motifs is 5. The van der Waals surface area contributed by atoms with Gasteiger partial charge in [0.05, 0.1) is 11.0 Å². The number of benzene rings is 3. The molecule has 1 aliphatic heterocycles. The first kappa shape index (κ1) is 11.8. The number of nitrogens with zero attached hydrogens (tertiary/aromatic N) is 3. The van der Waals surface area contributed by atoms with Gasteiger partial charge in [0.15, 0.2) is 0 Å². The number of rotatable bonds is 1. The lowest BCUT2D eigenvalue weighted by atomic mass is 10.1. The second-order valence-corrected chi connectivity index (χ2v) is 5.71. The maximum atomic E-state index is 4.97. The Morgan fingerprint density at radius 3 is 2.50 bits per heavy atom. The number of anilines is 2. The molecule has 0 saturated carbocycles. The third kappa shape index (κ3) is 1.53. The van der Waals surface area contributed by atoms with Gasteiger partial charge in [-0.3, -0.25) is 0 Å². The van der Waals surface area contributed by atoms with Gasteiger partial charge < -0.3 is 9.47 Å². The van der Waals surface area contributed by atoms with Crippen LogP contribution in [0.3, 0.4) is 0 Å². The van der Waals surface area contributed by atoms with Crippen molar-refractivity contribution in [1.29, 1.82) is 0 Å². The minimum atomic E-state index is 0.981. The van der Waals surface area contributed by atoms with E-state index in [-0.39, 0.29) is 0 Å². The molecule has 4 aromatic rings. The molecule has 0 unspecified atom stereocenters. The average molecular weight is 285 g/mol. The minimum absolute atomic E-state index is 0.981. The summed E-state index contributed by atoms with van der Waals surface area (Å²) in [5, 5.41) is 2.48. The van der Waals surface area contributed by atoms with Crippen molar-refractivity contribution in [3.05, 3.63) is 66.7 Å².